The van der Waals surface area contributed by atoms with E-state index >= 15 is 0 Å². The van der Waals surface area contributed by atoms with Crippen LogP contribution in [-0.2, 0) is 35.2 Å². The van der Waals surface area contributed by atoms with Gasteiger partial charge in [-0.2, -0.15) is 0 Å². The van der Waals surface area contributed by atoms with Crippen LogP contribution in [0.5, 0.6) is 5.75 Å². The quantitative estimate of drug-likeness (QED) is 0.0370. The fourth-order valence-corrected chi connectivity index (χ4v) is 7.66. The number of carbonyl (C=O) groups excluding carboxylic acids is 7. The van der Waals surface area contributed by atoms with Gasteiger partial charge in [0.15, 0.2) is 0 Å². The number of aromatic hydroxyl groups is 1. The summed E-state index contributed by atoms with van der Waals surface area (Å²) in [6.07, 6.45) is -0.163. The third kappa shape index (κ3) is 21.1. The lowest BCUT2D eigenvalue weighted by molar-refractivity contribution is -0.143. The Labute approximate surface area is 439 Å². The first-order chi connectivity index (χ1) is 36.0. The van der Waals surface area contributed by atoms with Crippen LogP contribution in [0.25, 0.3) is 0 Å². The second kappa shape index (κ2) is 31.7. The molecule has 0 radical (unpaired) electrons. The molecule has 3 aromatic rings. The normalized spacial score (nSPS) is 13.8. The van der Waals surface area contributed by atoms with Crippen molar-refractivity contribution in [3.8, 4) is 5.75 Å². The van der Waals surface area contributed by atoms with E-state index in [4.69, 9.17) is 11.5 Å². The number of carboxylic acid groups (broad SMARTS) is 3. The Morgan fingerprint density at radius 3 is 1.34 bits per heavy atom. The Morgan fingerprint density at radius 1 is 0.513 bits per heavy atom. The standard InChI is InChI=1S/C52H71N9O15/c1-29(2)41(52(75)76)60-47(68)40(18-6-9-25-56-44(65)33-13-11-15-35(28-33)51(73)74)59-49(70)42(30(3)62)61-48(69)39(17-5-8-24-55-43(64)32-12-10-14-34(27-32)50(71)72)58-46(67)38(16-4-7-23-53)57-45(66)37(54)26-31-19-21-36(63)22-20-31/h10-15,19-22,27-30,37-42,62-63H,4-9,16-18,23-26,53-54H2,1-3H3,(H,55,64)(H,56,65)(H,57,66)(H,58,67)(H,59,70)(H,60,68)(H,61,69)(H,71,72)(H,73,74)(H,75,76)/t30-,37+,38+,39+,40+,41+,42+/m1/s1. The molecule has 24 heteroatoms. The number of carboxylic acids is 3. The molecule has 24 nitrogen and oxygen atoms in total. The number of carbonyl (C=O) groups is 10. The van der Waals surface area contributed by atoms with Gasteiger partial charge in [0.05, 0.1) is 23.3 Å². The second-order valence-electron chi connectivity index (χ2n) is 18.5. The summed E-state index contributed by atoms with van der Waals surface area (Å²) in [4.78, 5) is 130. The first-order valence-corrected chi connectivity index (χ1v) is 24.9. The fourth-order valence-electron chi connectivity index (χ4n) is 7.66. The minimum atomic E-state index is -1.78. The molecule has 0 aliphatic carbocycles. The van der Waals surface area contributed by atoms with Crippen molar-refractivity contribution in [1.29, 1.82) is 0 Å². The van der Waals surface area contributed by atoms with Gasteiger partial charge in [-0.15, -0.1) is 0 Å². The SMILES string of the molecule is CC(C)[C@H](NC(=O)[C@H](CCCCNC(=O)c1cccc(C(=O)O)c1)NC(=O)[C@@H](NC(=O)[C@H](CCCCNC(=O)c1cccc(C(=O)O)c1)NC(=O)[C@H](CCCCN)NC(=O)[C@@H](N)Cc1ccc(O)cc1)[C@@H](C)O)C(=O)O. The predicted molar refractivity (Wildman–Crippen MR) is 276 cm³/mol. The number of amides is 7. The summed E-state index contributed by atoms with van der Waals surface area (Å²) in [7, 11) is 0. The van der Waals surface area contributed by atoms with Gasteiger partial charge in [0.2, 0.25) is 29.5 Å². The summed E-state index contributed by atoms with van der Waals surface area (Å²) in [6.45, 7) is 4.66. The fraction of sp³-hybridized carbons (Fsp3) is 0.462. The van der Waals surface area contributed by atoms with Gasteiger partial charge in [0, 0.05) is 24.2 Å². The first-order valence-electron chi connectivity index (χ1n) is 24.9. The lowest BCUT2D eigenvalue weighted by Crippen LogP contribution is -2.61. The summed E-state index contributed by atoms with van der Waals surface area (Å²) in [5, 5.41) is 67.0. The van der Waals surface area contributed by atoms with Crippen molar-refractivity contribution in [2.24, 2.45) is 17.4 Å². The van der Waals surface area contributed by atoms with Crippen LogP contribution in [0.4, 0.5) is 0 Å². The van der Waals surface area contributed by atoms with Gasteiger partial charge in [-0.05, 0) is 138 Å². The Morgan fingerprint density at radius 2 is 0.921 bits per heavy atom. The number of phenols is 1. The van der Waals surface area contributed by atoms with Crippen LogP contribution < -0.4 is 48.7 Å². The zero-order valence-corrected chi connectivity index (χ0v) is 42.7. The molecule has 0 bridgehead atoms. The molecule has 3 rings (SSSR count). The number of benzene rings is 3. The summed E-state index contributed by atoms with van der Waals surface area (Å²) in [5.74, 6) is -9.99. The lowest BCUT2D eigenvalue weighted by Gasteiger charge is -2.28. The van der Waals surface area contributed by atoms with Crippen molar-refractivity contribution in [3.05, 3.63) is 101 Å². The number of rotatable bonds is 33. The van der Waals surface area contributed by atoms with E-state index in [0.717, 1.165) is 0 Å². The summed E-state index contributed by atoms with van der Waals surface area (Å²) >= 11 is 0. The Bertz CT molecular complexity index is 2490. The molecular weight excluding hydrogens is 991 g/mol. The average Bonchev–Trinajstić information content (AvgIpc) is 3.38. The Kier molecular flexibility index (Phi) is 26.0. The maximum Gasteiger partial charge on any atom is 0.335 e. The largest absolute Gasteiger partial charge is 0.508 e. The molecule has 0 aromatic heterocycles. The van der Waals surface area contributed by atoms with Crippen LogP contribution in [0.3, 0.4) is 0 Å². The van der Waals surface area contributed by atoms with Gasteiger partial charge < -0.3 is 74.2 Å². The summed E-state index contributed by atoms with van der Waals surface area (Å²) in [5.41, 5.74) is 12.5. The molecule has 0 fully saturated rings. The maximum absolute atomic E-state index is 14.3. The monoisotopic (exact) mass is 1060 g/mol. The van der Waals surface area contributed by atoms with Crippen molar-refractivity contribution in [3.63, 3.8) is 0 Å². The molecule has 7 amide bonds. The molecule has 0 spiro atoms. The van der Waals surface area contributed by atoms with Crippen molar-refractivity contribution >= 4 is 59.3 Å². The molecule has 0 saturated carbocycles. The van der Waals surface area contributed by atoms with E-state index in [-0.39, 0.29) is 99.0 Å². The highest BCUT2D eigenvalue weighted by molar-refractivity contribution is 5.99. The molecule has 3 aromatic carbocycles. The number of phenolic OH excluding ortho intramolecular Hbond substituents is 1. The first kappa shape index (κ1) is 62.3. The van der Waals surface area contributed by atoms with E-state index in [0.29, 0.717) is 18.4 Å². The third-order valence-corrected chi connectivity index (χ3v) is 12.0. The van der Waals surface area contributed by atoms with Crippen LogP contribution >= 0.6 is 0 Å². The number of unbranched alkanes of at least 4 members (excludes halogenated alkanes) is 3. The molecule has 76 heavy (non-hydrogen) atoms. The second-order valence-corrected chi connectivity index (χ2v) is 18.5. The molecule has 0 unspecified atom stereocenters. The number of hydrogen-bond donors (Lipinski definition) is 14. The van der Waals surface area contributed by atoms with Gasteiger partial charge in [0.1, 0.15) is 36.0 Å². The minimum absolute atomic E-state index is 0.00697. The highest BCUT2D eigenvalue weighted by Crippen LogP contribution is 2.14. The number of aliphatic carboxylic acids is 1. The zero-order valence-electron chi connectivity index (χ0n) is 42.7. The van der Waals surface area contributed by atoms with Gasteiger partial charge in [-0.25, -0.2) is 14.4 Å². The van der Waals surface area contributed by atoms with E-state index in [1.165, 1.54) is 67.6 Å². The molecule has 0 aliphatic rings. The van der Waals surface area contributed by atoms with Crippen LogP contribution in [-0.4, -0.2) is 147 Å². The smallest absolute Gasteiger partial charge is 0.335 e. The van der Waals surface area contributed by atoms with Crippen LogP contribution in [0.15, 0.2) is 72.8 Å². The number of hydrogen-bond acceptors (Lipinski definition) is 14. The molecule has 7 atom stereocenters. The van der Waals surface area contributed by atoms with E-state index < -0.39 is 108 Å². The van der Waals surface area contributed by atoms with Crippen LogP contribution in [0, 0.1) is 5.92 Å². The Hall–Kier alpha value is -7.96. The molecule has 0 aliphatic heterocycles. The van der Waals surface area contributed by atoms with Crippen molar-refractivity contribution in [2.45, 2.75) is 127 Å². The van der Waals surface area contributed by atoms with Crippen molar-refractivity contribution < 1.29 is 73.5 Å². The zero-order chi connectivity index (χ0) is 56.5. The third-order valence-electron chi connectivity index (χ3n) is 12.0. The number of nitrogens with two attached hydrogens (primary N) is 2. The van der Waals surface area contributed by atoms with Gasteiger partial charge in [0.25, 0.3) is 11.8 Å². The highest BCUT2D eigenvalue weighted by atomic mass is 16.4. The molecule has 414 valence electrons. The summed E-state index contributed by atoms with van der Waals surface area (Å²) < 4.78 is 0. The lowest BCUT2D eigenvalue weighted by atomic mass is 10.0. The summed E-state index contributed by atoms with van der Waals surface area (Å²) in [6, 6.07) is 8.33. The number of aliphatic hydroxyl groups is 1. The van der Waals surface area contributed by atoms with Crippen LogP contribution in [0.2, 0.25) is 0 Å². The van der Waals surface area contributed by atoms with Gasteiger partial charge in [-0.3, -0.25) is 33.6 Å². The molecule has 16 N–H and O–H groups in total. The molecule has 0 heterocycles. The van der Waals surface area contributed by atoms with Crippen molar-refractivity contribution in [1.82, 2.24) is 37.2 Å². The van der Waals surface area contributed by atoms with Gasteiger partial charge >= 0.3 is 17.9 Å². The van der Waals surface area contributed by atoms with E-state index in [2.05, 4.69) is 37.2 Å². The predicted octanol–water partition coefficient (Wildman–Crippen LogP) is 0.533. The molecular formula is C52H71N9O15. The average molecular weight is 1060 g/mol. The van der Waals surface area contributed by atoms with Crippen molar-refractivity contribution in [2.75, 3.05) is 19.6 Å². The van der Waals surface area contributed by atoms with Gasteiger partial charge in [-0.1, -0.05) is 38.1 Å². The number of aliphatic hydroxyl groups excluding tert-OH is 1. The van der Waals surface area contributed by atoms with E-state index in [1.807, 2.05) is 0 Å². The van der Waals surface area contributed by atoms with E-state index in [9.17, 15) is 73.5 Å². The number of aromatic carboxylic acids is 2. The number of nitrogens with one attached hydrogen (secondary N) is 7. The van der Waals surface area contributed by atoms with Crippen LogP contribution in [0.1, 0.15) is 126 Å². The maximum atomic E-state index is 14.3. The highest BCUT2D eigenvalue weighted by Gasteiger charge is 2.35. The topological polar surface area (TPSA) is 408 Å². The van der Waals surface area contributed by atoms with E-state index in [1.54, 1.807) is 26.0 Å². The Balaban J connectivity index is 1.84. The molecule has 0 saturated heterocycles. The minimum Gasteiger partial charge on any atom is -0.508 e.